The number of ether oxygens (including phenoxy) is 2. The lowest BCUT2D eigenvalue weighted by Crippen LogP contribution is -2.37. The van der Waals surface area contributed by atoms with Gasteiger partial charge in [-0.05, 0) is 24.6 Å². The minimum Gasteiger partial charge on any atom is -0.493 e. The highest BCUT2D eigenvalue weighted by molar-refractivity contribution is 6.30. The Balaban J connectivity index is 2.29. The molecule has 0 unspecified atom stereocenters. The van der Waals surface area contributed by atoms with Crippen LogP contribution in [0.2, 0.25) is 5.02 Å². The smallest absolute Gasteiger partial charge is 0.286 e. The number of nitro groups is 1. The lowest BCUT2D eigenvalue weighted by Gasteiger charge is -2.26. The number of benzene rings is 2. The summed E-state index contributed by atoms with van der Waals surface area (Å²) >= 11 is 6.05. The van der Waals surface area contributed by atoms with Gasteiger partial charge in [-0.2, -0.15) is 0 Å². The van der Waals surface area contributed by atoms with Crippen LogP contribution in [0.4, 0.5) is 5.69 Å². The third-order valence-electron chi connectivity index (χ3n) is 4.32. The number of amides is 1. The van der Waals surface area contributed by atoms with E-state index in [0.717, 1.165) is 5.56 Å². The fourth-order valence-electron chi connectivity index (χ4n) is 2.72. The molecular formula is C20H23ClN2O5. The molecule has 28 heavy (non-hydrogen) atoms. The molecule has 0 aliphatic heterocycles. The molecule has 0 heterocycles. The van der Waals surface area contributed by atoms with Gasteiger partial charge in [-0.3, -0.25) is 14.9 Å². The lowest BCUT2D eigenvalue weighted by atomic mass is 9.84. The van der Waals surface area contributed by atoms with Gasteiger partial charge < -0.3 is 14.8 Å². The number of rotatable bonds is 8. The Bertz CT molecular complexity index is 883. The summed E-state index contributed by atoms with van der Waals surface area (Å²) in [4.78, 5) is 23.6. The number of nitrogens with one attached hydrogen (secondary N) is 1. The van der Waals surface area contributed by atoms with Crippen molar-refractivity contribution in [2.45, 2.75) is 26.2 Å². The maximum atomic E-state index is 12.7. The van der Waals surface area contributed by atoms with Gasteiger partial charge in [0.05, 0.1) is 24.7 Å². The Labute approximate surface area is 168 Å². The number of hydrogen-bond donors (Lipinski definition) is 1. The first-order valence-corrected chi connectivity index (χ1v) is 9.11. The van der Waals surface area contributed by atoms with Crippen LogP contribution in [0.25, 0.3) is 0 Å². The Morgan fingerprint density at radius 1 is 1.25 bits per heavy atom. The van der Waals surface area contributed by atoms with Crippen LogP contribution in [0.15, 0.2) is 36.4 Å². The third kappa shape index (κ3) is 4.92. The number of carbonyl (C=O) groups is 1. The van der Waals surface area contributed by atoms with Crippen LogP contribution in [-0.4, -0.2) is 31.1 Å². The van der Waals surface area contributed by atoms with E-state index in [9.17, 15) is 14.9 Å². The highest BCUT2D eigenvalue weighted by atomic mass is 35.5. The van der Waals surface area contributed by atoms with E-state index in [2.05, 4.69) is 5.32 Å². The van der Waals surface area contributed by atoms with Crippen LogP contribution < -0.4 is 14.8 Å². The molecule has 0 aromatic heterocycles. The number of halogens is 1. The summed E-state index contributed by atoms with van der Waals surface area (Å²) in [7, 11) is 1.41. The standard InChI is InChI=1S/C20H23ClN2O5/c1-5-28-18-11-16(23(25)26)15(10-17(18)27-4)19(24)22-12-20(2,3)13-7-6-8-14(21)9-13/h6-11H,5,12H2,1-4H3,(H,22,24). The van der Waals surface area contributed by atoms with Gasteiger partial charge in [-0.15, -0.1) is 0 Å². The maximum Gasteiger partial charge on any atom is 0.286 e. The van der Waals surface area contributed by atoms with E-state index in [1.165, 1.54) is 19.2 Å². The van der Waals surface area contributed by atoms with Crippen LogP contribution >= 0.6 is 11.6 Å². The maximum absolute atomic E-state index is 12.7. The Morgan fingerprint density at radius 3 is 2.54 bits per heavy atom. The normalized spacial score (nSPS) is 11.0. The van der Waals surface area contributed by atoms with Gasteiger partial charge >= 0.3 is 0 Å². The van der Waals surface area contributed by atoms with E-state index in [1.807, 2.05) is 32.0 Å². The molecule has 2 aromatic carbocycles. The highest BCUT2D eigenvalue weighted by Gasteiger charge is 2.27. The van der Waals surface area contributed by atoms with Crippen LogP contribution in [0, 0.1) is 10.1 Å². The summed E-state index contributed by atoms with van der Waals surface area (Å²) in [6.07, 6.45) is 0. The summed E-state index contributed by atoms with van der Waals surface area (Å²) in [5.41, 5.74) is 0.0820. The number of nitrogens with zero attached hydrogens (tertiary/aromatic N) is 1. The van der Waals surface area contributed by atoms with E-state index in [4.69, 9.17) is 21.1 Å². The van der Waals surface area contributed by atoms with E-state index in [-0.39, 0.29) is 29.3 Å². The largest absolute Gasteiger partial charge is 0.493 e. The van der Waals surface area contributed by atoms with Crippen molar-refractivity contribution in [3.05, 3.63) is 62.7 Å². The van der Waals surface area contributed by atoms with Crippen molar-refractivity contribution < 1.29 is 19.2 Å². The van der Waals surface area contributed by atoms with Crippen LogP contribution in [0.1, 0.15) is 36.7 Å². The second kappa shape index (κ2) is 8.93. The topological polar surface area (TPSA) is 90.7 Å². The van der Waals surface area contributed by atoms with Crippen molar-refractivity contribution in [3.8, 4) is 11.5 Å². The Hall–Kier alpha value is -2.80. The molecule has 0 fully saturated rings. The second-order valence-corrected chi connectivity index (χ2v) is 7.22. The first-order chi connectivity index (χ1) is 13.2. The van der Waals surface area contributed by atoms with Gasteiger partial charge in [0, 0.05) is 23.0 Å². The molecule has 8 heteroatoms. The van der Waals surface area contributed by atoms with Gasteiger partial charge in [-0.25, -0.2) is 0 Å². The molecule has 0 bridgehead atoms. The molecule has 7 nitrogen and oxygen atoms in total. The quantitative estimate of drug-likeness (QED) is 0.519. The summed E-state index contributed by atoms with van der Waals surface area (Å²) in [5, 5.41) is 14.8. The Kier molecular flexibility index (Phi) is 6.85. The molecule has 1 amide bonds. The molecule has 0 radical (unpaired) electrons. The zero-order chi connectivity index (χ0) is 20.9. The van der Waals surface area contributed by atoms with Crippen LogP contribution in [-0.2, 0) is 5.41 Å². The van der Waals surface area contributed by atoms with Crippen molar-refractivity contribution in [2.24, 2.45) is 0 Å². The molecule has 150 valence electrons. The monoisotopic (exact) mass is 406 g/mol. The van der Waals surface area contributed by atoms with Crippen molar-refractivity contribution in [1.82, 2.24) is 5.32 Å². The average molecular weight is 407 g/mol. The summed E-state index contributed by atoms with van der Waals surface area (Å²) < 4.78 is 10.6. The summed E-state index contributed by atoms with van der Waals surface area (Å²) in [6.45, 7) is 6.23. The van der Waals surface area contributed by atoms with Crippen molar-refractivity contribution >= 4 is 23.2 Å². The highest BCUT2D eigenvalue weighted by Crippen LogP contribution is 2.35. The average Bonchev–Trinajstić information content (AvgIpc) is 2.66. The minimum absolute atomic E-state index is 0.0906. The van der Waals surface area contributed by atoms with E-state index >= 15 is 0 Å². The molecule has 0 aliphatic carbocycles. The van der Waals surface area contributed by atoms with Crippen molar-refractivity contribution in [1.29, 1.82) is 0 Å². The van der Waals surface area contributed by atoms with Gasteiger partial charge in [0.2, 0.25) is 0 Å². The fourth-order valence-corrected chi connectivity index (χ4v) is 2.91. The van der Waals surface area contributed by atoms with Gasteiger partial charge in [-0.1, -0.05) is 37.6 Å². The zero-order valence-electron chi connectivity index (χ0n) is 16.2. The lowest BCUT2D eigenvalue weighted by molar-refractivity contribution is -0.385. The van der Waals surface area contributed by atoms with Crippen LogP contribution in [0.5, 0.6) is 11.5 Å². The van der Waals surface area contributed by atoms with Crippen molar-refractivity contribution in [3.63, 3.8) is 0 Å². The van der Waals surface area contributed by atoms with Gasteiger partial charge in [0.1, 0.15) is 5.56 Å². The number of nitro benzene ring substituents is 1. The molecule has 2 rings (SSSR count). The minimum atomic E-state index is -0.612. The summed E-state index contributed by atoms with van der Waals surface area (Å²) in [6, 6.07) is 9.89. The molecule has 0 saturated heterocycles. The van der Waals surface area contributed by atoms with E-state index in [0.29, 0.717) is 11.6 Å². The molecular weight excluding hydrogens is 384 g/mol. The molecule has 1 N–H and O–H groups in total. The zero-order valence-corrected chi connectivity index (χ0v) is 17.0. The summed E-state index contributed by atoms with van der Waals surface area (Å²) in [5.74, 6) is -0.0950. The molecule has 0 saturated carbocycles. The van der Waals surface area contributed by atoms with E-state index in [1.54, 1.807) is 13.0 Å². The first-order valence-electron chi connectivity index (χ1n) is 8.73. The number of methoxy groups -OCH3 is 1. The number of carbonyl (C=O) groups excluding carboxylic acids is 1. The molecule has 2 aromatic rings. The molecule has 0 spiro atoms. The molecule has 0 aliphatic rings. The number of hydrogen-bond acceptors (Lipinski definition) is 5. The van der Waals surface area contributed by atoms with Crippen LogP contribution in [0.3, 0.4) is 0 Å². The van der Waals surface area contributed by atoms with Gasteiger partial charge in [0.25, 0.3) is 11.6 Å². The predicted octanol–water partition coefficient (Wildman–Crippen LogP) is 4.36. The van der Waals surface area contributed by atoms with E-state index < -0.39 is 16.2 Å². The predicted molar refractivity (Wildman–Crippen MR) is 108 cm³/mol. The van der Waals surface area contributed by atoms with Gasteiger partial charge in [0.15, 0.2) is 11.5 Å². The second-order valence-electron chi connectivity index (χ2n) is 6.79. The third-order valence-corrected chi connectivity index (χ3v) is 4.56. The first kappa shape index (κ1) is 21.5. The fraction of sp³-hybridized carbons (Fsp3) is 0.350. The van der Waals surface area contributed by atoms with Crippen molar-refractivity contribution in [2.75, 3.05) is 20.3 Å². The SMILES string of the molecule is CCOc1cc([N+](=O)[O-])c(C(=O)NCC(C)(C)c2cccc(Cl)c2)cc1OC. The Morgan fingerprint density at radius 2 is 1.96 bits per heavy atom. The molecule has 0 atom stereocenters.